The van der Waals surface area contributed by atoms with Gasteiger partial charge in [-0.25, -0.2) is 4.68 Å². The van der Waals surface area contributed by atoms with E-state index < -0.39 is 0 Å². The van der Waals surface area contributed by atoms with Crippen LogP contribution in [0.1, 0.15) is 36.8 Å². The summed E-state index contributed by atoms with van der Waals surface area (Å²) in [5.41, 5.74) is 0.451. The van der Waals surface area contributed by atoms with Gasteiger partial charge in [-0.05, 0) is 13.3 Å². The number of carbonyl (C=O) groups is 1. The van der Waals surface area contributed by atoms with Gasteiger partial charge in [-0.1, -0.05) is 12.1 Å². The molecular formula is C11H19N5O. The molecule has 1 aliphatic heterocycles. The summed E-state index contributed by atoms with van der Waals surface area (Å²) >= 11 is 0. The third-order valence-corrected chi connectivity index (χ3v) is 3.18. The fourth-order valence-electron chi connectivity index (χ4n) is 1.81. The molecule has 0 saturated carbocycles. The minimum absolute atomic E-state index is 0.0129. The van der Waals surface area contributed by atoms with E-state index in [1.807, 2.05) is 4.90 Å². The number of nitrogens with one attached hydrogen (secondary N) is 1. The average Bonchev–Trinajstić information content (AvgIpc) is 2.87. The van der Waals surface area contributed by atoms with Gasteiger partial charge in [0.1, 0.15) is 0 Å². The first-order chi connectivity index (χ1) is 8.22. The molecule has 17 heavy (non-hydrogen) atoms. The third-order valence-electron chi connectivity index (χ3n) is 3.18. The summed E-state index contributed by atoms with van der Waals surface area (Å²) in [5, 5.41) is 11.2. The van der Waals surface area contributed by atoms with Crippen LogP contribution in [0.3, 0.4) is 0 Å². The van der Waals surface area contributed by atoms with Crippen LogP contribution in [0.4, 0.5) is 0 Å². The molecule has 94 valence electrons. The summed E-state index contributed by atoms with van der Waals surface area (Å²) in [6.45, 7) is 7.35. The number of rotatable bonds is 3. The minimum atomic E-state index is -0.0129. The van der Waals surface area contributed by atoms with Crippen molar-refractivity contribution in [2.45, 2.75) is 26.3 Å². The Balaban J connectivity index is 2.06. The molecule has 1 unspecified atom stereocenters. The predicted molar refractivity (Wildman–Crippen MR) is 63.8 cm³/mol. The maximum atomic E-state index is 12.1. The predicted octanol–water partition coefficient (Wildman–Crippen LogP) is 0.295. The van der Waals surface area contributed by atoms with Crippen molar-refractivity contribution in [1.29, 1.82) is 0 Å². The van der Waals surface area contributed by atoms with E-state index in [1.165, 1.54) is 0 Å². The van der Waals surface area contributed by atoms with E-state index in [9.17, 15) is 4.79 Å². The molecule has 0 bridgehead atoms. The molecule has 1 amide bonds. The zero-order valence-electron chi connectivity index (χ0n) is 10.4. The molecule has 0 aromatic carbocycles. The van der Waals surface area contributed by atoms with Crippen LogP contribution >= 0.6 is 0 Å². The number of piperazine rings is 1. The SMILES string of the molecule is CCC(C)n1cc(C(=O)N2CCNCC2)nn1. The number of hydrogen-bond acceptors (Lipinski definition) is 4. The van der Waals surface area contributed by atoms with E-state index in [-0.39, 0.29) is 11.9 Å². The van der Waals surface area contributed by atoms with Crippen molar-refractivity contribution in [3.05, 3.63) is 11.9 Å². The summed E-state index contributed by atoms with van der Waals surface area (Å²) in [4.78, 5) is 13.9. The van der Waals surface area contributed by atoms with Crippen LogP contribution in [0.5, 0.6) is 0 Å². The second-order valence-electron chi connectivity index (χ2n) is 4.38. The fourth-order valence-corrected chi connectivity index (χ4v) is 1.81. The minimum Gasteiger partial charge on any atom is -0.335 e. The van der Waals surface area contributed by atoms with Gasteiger partial charge < -0.3 is 10.2 Å². The molecule has 1 saturated heterocycles. The van der Waals surface area contributed by atoms with Crippen molar-refractivity contribution in [2.24, 2.45) is 0 Å². The van der Waals surface area contributed by atoms with Crippen LogP contribution in [0.15, 0.2) is 6.20 Å². The van der Waals surface area contributed by atoms with Crippen LogP contribution in [0.2, 0.25) is 0 Å². The Bertz CT molecular complexity index is 383. The Hall–Kier alpha value is -1.43. The van der Waals surface area contributed by atoms with Crippen LogP contribution < -0.4 is 5.32 Å². The second-order valence-corrected chi connectivity index (χ2v) is 4.38. The van der Waals surface area contributed by atoms with Gasteiger partial charge in [-0.15, -0.1) is 5.10 Å². The van der Waals surface area contributed by atoms with E-state index >= 15 is 0 Å². The van der Waals surface area contributed by atoms with Crippen molar-refractivity contribution >= 4 is 5.91 Å². The third kappa shape index (κ3) is 2.63. The van der Waals surface area contributed by atoms with Gasteiger partial charge in [0.2, 0.25) is 0 Å². The lowest BCUT2D eigenvalue weighted by atomic mass is 10.2. The molecule has 6 heteroatoms. The van der Waals surface area contributed by atoms with E-state index in [0.29, 0.717) is 5.69 Å². The monoisotopic (exact) mass is 237 g/mol. The van der Waals surface area contributed by atoms with Crippen LogP contribution in [0, 0.1) is 0 Å². The molecular weight excluding hydrogens is 218 g/mol. The summed E-state index contributed by atoms with van der Waals surface area (Å²) in [5.74, 6) is -0.0129. The summed E-state index contributed by atoms with van der Waals surface area (Å²) in [6, 6.07) is 0.284. The number of amides is 1. The lowest BCUT2D eigenvalue weighted by Crippen LogP contribution is -2.46. The van der Waals surface area contributed by atoms with E-state index in [1.54, 1.807) is 10.9 Å². The standard InChI is InChI=1S/C11H19N5O/c1-3-9(2)16-8-10(13-14-16)11(17)15-6-4-12-5-7-15/h8-9,12H,3-7H2,1-2H3. The van der Waals surface area contributed by atoms with Crippen molar-refractivity contribution in [3.8, 4) is 0 Å². The summed E-state index contributed by atoms with van der Waals surface area (Å²) < 4.78 is 1.76. The fraction of sp³-hybridized carbons (Fsp3) is 0.727. The molecule has 1 aromatic rings. The maximum Gasteiger partial charge on any atom is 0.276 e. The number of nitrogens with zero attached hydrogens (tertiary/aromatic N) is 4. The molecule has 1 aliphatic rings. The smallest absolute Gasteiger partial charge is 0.276 e. The molecule has 0 radical (unpaired) electrons. The van der Waals surface area contributed by atoms with E-state index in [2.05, 4.69) is 29.5 Å². The first kappa shape index (κ1) is 12.0. The quantitative estimate of drug-likeness (QED) is 0.821. The topological polar surface area (TPSA) is 63.1 Å². The maximum absolute atomic E-state index is 12.1. The van der Waals surface area contributed by atoms with Crippen molar-refractivity contribution in [2.75, 3.05) is 26.2 Å². The highest BCUT2D eigenvalue weighted by atomic mass is 16.2. The largest absolute Gasteiger partial charge is 0.335 e. The van der Waals surface area contributed by atoms with Crippen molar-refractivity contribution in [1.82, 2.24) is 25.2 Å². The average molecular weight is 237 g/mol. The molecule has 6 nitrogen and oxygen atoms in total. The molecule has 0 spiro atoms. The summed E-state index contributed by atoms with van der Waals surface area (Å²) in [6.07, 6.45) is 2.73. The van der Waals surface area contributed by atoms with Crippen molar-refractivity contribution in [3.63, 3.8) is 0 Å². The highest BCUT2D eigenvalue weighted by Gasteiger charge is 2.21. The molecule has 0 aliphatic carbocycles. The van der Waals surface area contributed by atoms with Crippen LogP contribution in [-0.2, 0) is 0 Å². The lowest BCUT2D eigenvalue weighted by molar-refractivity contribution is 0.0729. The zero-order chi connectivity index (χ0) is 12.3. The highest BCUT2D eigenvalue weighted by Crippen LogP contribution is 2.09. The van der Waals surface area contributed by atoms with Gasteiger partial charge in [-0.2, -0.15) is 0 Å². The molecule has 2 heterocycles. The Morgan fingerprint density at radius 2 is 2.24 bits per heavy atom. The Labute approximate surface area is 101 Å². The van der Waals surface area contributed by atoms with Gasteiger partial charge >= 0.3 is 0 Å². The van der Waals surface area contributed by atoms with Crippen LogP contribution in [-0.4, -0.2) is 52.0 Å². The molecule has 2 rings (SSSR count). The van der Waals surface area contributed by atoms with E-state index in [0.717, 1.165) is 32.6 Å². The Kier molecular flexibility index (Phi) is 3.73. The molecule has 1 N–H and O–H groups in total. The summed E-state index contributed by atoms with van der Waals surface area (Å²) in [7, 11) is 0. The molecule has 1 fully saturated rings. The second kappa shape index (κ2) is 5.27. The molecule has 1 atom stereocenters. The highest BCUT2D eigenvalue weighted by molar-refractivity contribution is 5.92. The first-order valence-electron chi connectivity index (χ1n) is 6.14. The zero-order valence-corrected chi connectivity index (χ0v) is 10.4. The number of aromatic nitrogens is 3. The van der Waals surface area contributed by atoms with Gasteiger partial charge in [0.15, 0.2) is 5.69 Å². The van der Waals surface area contributed by atoms with Crippen molar-refractivity contribution < 1.29 is 4.79 Å². The van der Waals surface area contributed by atoms with Crippen LogP contribution in [0.25, 0.3) is 0 Å². The molecule has 1 aromatic heterocycles. The Morgan fingerprint density at radius 3 is 2.88 bits per heavy atom. The number of hydrogen-bond donors (Lipinski definition) is 1. The Morgan fingerprint density at radius 1 is 1.53 bits per heavy atom. The lowest BCUT2D eigenvalue weighted by Gasteiger charge is -2.26. The normalized spacial score (nSPS) is 18.1. The van der Waals surface area contributed by atoms with Gasteiger partial charge in [0.05, 0.1) is 12.2 Å². The number of carbonyl (C=O) groups excluding carboxylic acids is 1. The van der Waals surface area contributed by atoms with Gasteiger partial charge in [0, 0.05) is 26.2 Å². The first-order valence-corrected chi connectivity index (χ1v) is 6.14. The van der Waals surface area contributed by atoms with Gasteiger partial charge in [-0.3, -0.25) is 4.79 Å². The van der Waals surface area contributed by atoms with Gasteiger partial charge in [0.25, 0.3) is 5.91 Å². The van der Waals surface area contributed by atoms with E-state index in [4.69, 9.17) is 0 Å².